The van der Waals surface area contributed by atoms with Crippen LogP contribution in [0.1, 0.15) is 42.6 Å². The molecule has 0 aliphatic heterocycles. The average Bonchev–Trinajstić information content (AvgIpc) is 2.89. The quantitative estimate of drug-likeness (QED) is 0.755. The molecule has 3 N–H and O–H groups in total. The van der Waals surface area contributed by atoms with Crippen molar-refractivity contribution >= 4 is 12.0 Å². The molecule has 0 bridgehead atoms. The van der Waals surface area contributed by atoms with Crippen molar-refractivity contribution in [1.29, 1.82) is 0 Å². The Bertz CT molecular complexity index is 466. The maximum Gasteiger partial charge on any atom is 0.356 e. The lowest BCUT2D eigenvalue weighted by Gasteiger charge is -2.22. The van der Waals surface area contributed by atoms with Crippen LogP contribution in [0.2, 0.25) is 0 Å². The number of amides is 2. The van der Waals surface area contributed by atoms with E-state index in [1.807, 2.05) is 0 Å². The number of hydrogen-bond acceptors (Lipinski definition) is 3. The van der Waals surface area contributed by atoms with Gasteiger partial charge in [-0.3, -0.25) is 0 Å². The highest BCUT2D eigenvalue weighted by molar-refractivity contribution is 5.84. The van der Waals surface area contributed by atoms with Crippen molar-refractivity contribution < 1.29 is 14.7 Å². The molecule has 1 heterocycles. The molecular weight excluding hydrogens is 260 g/mol. The summed E-state index contributed by atoms with van der Waals surface area (Å²) in [7, 11) is 0. The Balaban J connectivity index is 1.66. The molecule has 0 atom stereocenters. The Kier molecular flexibility index (Phi) is 4.97. The molecule has 0 unspecified atom stereocenters. The second-order valence-electron chi connectivity index (χ2n) is 5.04. The summed E-state index contributed by atoms with van der Waals surface area (Å²) in [6.45, 7) is 0.937. The van der Waals surface area contributed by atoms with Gasteiger partial charge in [0.1, 0.15) is 0 Å². The number of carboxylic acids is 1. The molecular formula is C13H20N4O3. The lowest BCUT2D eigenvalue weighted by molar-refractivity contribution is 0.0691. The summed E-state index contributed by atoms with van der Waals surface area (Å²) in [5.74, 6) is -1.05. The number of rotatable bonds is 5. The summed E-state index contributed by atoms with van der Waals surface area (Å²) < 4.78 is 1.64. The molecule has 1 aliphatic rings. The summed E-state index contributed by atoms with van der Waals surface area (Å²) in [6, 6.07) is 0.131. The lowest BCUT2D eigenvalue weighted by Crippen LogP contribution is -2.43. The van der Waals surface area contributed by atoms with Crippen LogP contribution in [-0.2, 0) is 6.54 Å². The first-order valence-corrected chi connectivity index (χ1v) is 6.94. The maximum atomic E-state index is 11.7. The van der Waals surface area contributed by atoms with Crippen LogP contribution in [0.5, 0.6) is 0 Å². The molecule has 0 spiro atoms. The zero-order valence-electron chi connectivity index (χ0n) is 11.3. The fourth-order valence-corrected chi connectivity index (χ4v) is 2.37. The van der Waals surface area contributed by atoms with Gasteiger partial charge in [-0.25, -0.2) is 14.6 Å². The number of nitrogens with zero attached hydrogens (tertiary/aromatic N) is 2. The number of imidazole rings is 1. The predicted molar refractivity (Wildman–Crippen MR) is 72.6 cm³/mol. The Morgan fingerprint density at radius 2 is 2.10 bits per heavy atom. The van der Waals surface area contributed by atoms with Gasteiger partial charge in [-0.2, -0.15) is 0 Å². The van der Waals surface area contributed by atoms with E-state index in [1.165, 1.54) is 31.8 Å². The van der Waals surface area contributed by atoms with Crippen molar-refractivity contribution in [3.8, 4) is 0 Å². The number of carbonyl (C=O) groups excluding carboxylic acids is 1. The summed E-state index contributed by atoms with van der Waals surface area (Å²) in [5.41, 5.74) is 0.0108. The van der Waals surface area contributed by atoms with Gasteiger partial charge in [0.25, 0.3) is 0 Å². The van der Waals surface area contributed by atoms with Gasteiger partial charge in [-0.05, 0) is 12.8 Å². The average molecular weight is 280 g/mol. The van der Waals surface area contributed by atoms with Crippen molar-refractivity contribution in [2.24, 2.45) is 0 Å². The van der Waals surface area contributed by atoms with Crippen LogP contribution >= 0.6 is 0 Å². The van der Waals surface area contributed by atoms with Gasteiger partial charge < -0.3 is 20.3 Å². The lowest BCUT2D eigenvalue weighted by atomic mass is 9.96. The molecule has 1 fully saturated rings. The van der Waals surface area contributed by atoms with E-state index in [0.29, 0.717) is 13.1 Å². The van der Waals surface area contributed by atoms with Crippen LogP contribution in [0.4, 0.5) is 4.79 Å². The highest BCUT2D eigenvalue weighted by Gasteiger charge is 2.15. The number of carbonyl (C=O) groups is 2. The van der Waals surface area contributed by atoms with Crippen molar-refractivity contribution in [3.63, 3.8) is 0 Å². The van der Waals surface area contributed by atoms with Gasteiger partial charge >= 0.3 is 12.0 Å². The van der Waals surface area contributed by atoms with Crippen LogP contribution < -0.4 is 10.6 Å². The number of hydrogen-bond donors (Lipinski definition) is 3. The van der Waals surface area contributed by atoms with Crippen molar-refractivity contribution in [1.82, 2.24) is 20.2 Å². The van der Waals surface area contributed by atoms with Gasteiger partial charge in [-0.1, -0.05) is 19.3 Å². The summed E-state index contributed by atoms with van der Waals surface area (Å²) in [6.07, 6.45) is 8.61. The molecule has 7 heteroatoms. The topological polar surface area (TPSA) is 96.2 Å². The number of aromatic carboxylic acids is 1. The molecule has 1 aliphatic carbocycles. The second-order valence-corrected chi connectivity index (χ2v) is 5.04. The fourth-order valence-electron chi connectivity index (χ4n) is 2.37. The molecule has 0 radical (unpaired) electrons. The number of carboxylic acid groups (broad SMARTS) is 1. The van der Waals surface area contributed by atoms with E-state index in [0.717, 1.165) is 12.8 Å². The summed E-state index contributed by atoms with van der Waals surface area (Å²) in [4.78, 5) is 26.1. The molecule has 1 aromatic heterocycles. The van der Waals surface area contributed by atoms with Crippen LogP contribution in [-0.4, -0.2) is 39.2 Å². The van der Waals surface area contributed by atoms with Gasteiger partial charge in [0.05, 0.1) is 6.33 Å². The summed E-state index contributed by atoms with van der Waals surface area (Å²) >= 11 is 0. The van der Waals surface area contributed by atoms with E-state index >= 15 is 0 Å². The van der Waals surface area contributed by atoms with E-state index in [9.17, 15) is 9.59 Å². The molecule has 110 valence electrons. The molecule has 1 saturated carbocycles. The molecule has 2 rings (SSSR count). The van der Waals surface area contributed by atoms with E-state index in [-0.39, 0.29) is 17.8 Å². The van der Waals surface area contributed by atoms with Crippen molar-refractivity contribution in [2.45, 2.75) is 44.7 Å². The molecule has 2 amide bonds. The standard InChI is InChI=1S/C13H20N4O3/c18-12(19)11-8-17(9-15-11)7-6-14-13(20)16-10-4-2-1-3-5-10/h8-10H,1-7H2,(H,18,19)(H2,14,16,20). The third-order valence-electron chi connectivity index (χ3n) is 3.45. The zero-order valence-corrected chi connectivity index (χ0v) is 11.3. The van der Waals surface area contributed by atoms with Crippen molar-refractivity contribution in [2.75, 3.05) is 6.54 Å². The fraction of sp³-hybridized carbons (Fsp3) is 0.615. The molecule has 0 saturated heterocycles. The van der Waals surface area contributed by atoms with Crippen molar-refractivity contribution in [3.05, 3.63) is 18.2 Å². The number of aromatic nitrogens is 2. The Labute approximate surface area is 117 Å². The van der Waals surface area contributed by atoms with E-state index in [4.69, 9.17) is 5.11 Å². The first-order valence-electron chi connectivity index (χ1n) is 6.94. The maximum absolute atomic E-state index is 11.7. The normalized spacial score (nSPS) is 15.8. The van der Waals surface area contributed by atoms with Gasteiger partial charge in [-0.15, -0.1) is 0 Å². The largest absolute Gasteiger partial charge is 0.476 e. The van der Waals surface area contributed by atoms with E-state index in [1.54, 1.807) is 4.57 Å². The van der Waals surface area contributed by atoms with Crippen LogP contribution in [0, 0.1) is 0 Å². The minimum atomic E-state index is -1.05. The van der Waals surface area contributed by atoms with Gasteiger partial charge in [0.2, 0.25) is 0 Å². The summed E-state index contributed by atoms with van der Waals surface area (Å²) in [5, 5.41) is 14.5. The number of nitrogens with one attached hydrogen (secondary N) is 2. The molecule has 7 nitrogen and oxygen atoms in total. The number of urea groups is 1. The van der Waals surface area contributed by atoms with Crippen LogP contribution in [0.15, 0.2) is 12.5 Å². The van der Waals surface area contributed by atoms with E-state index < -0.39 is 5.97 Å². The highest BCUT2D eigenvalue weighted by atomic mass is 16.4. The molecule has 20 heavy (non-hydrogen) atoms. The first-order chi connectivity index (χ1) is 9.65. The molecule has 1 aromatic rings. The van der Waals surface area contributed by atoms with E-state index in [2.05, 4.69) is 15.6 Å². The van der Waals surface area contributed by atoms with Gasteiger partial charge in [0.15, 0.2) is 5.69 Å². The second kappa shape index (κ2) is 6.93. The smallest absolute Gasteiger partial charge is 0.356 e. The van der Waals surface area contributed by atoms with Gasteiger partial charge in [0, 0.05) is 25.3 Å². The van der Waals surface area contributed by atoms with Crippen LogP contribution in [0.25, 0.3) is 0 Å². The monoisotopic (exact) mass is 280 g/mol. The third kappa shape index (κ3) is 4.25. The third-order valence-corrected chi connectivity index (χ3v) is 3.45. The predicted octanol–water partition coefficient (Wildman–Crippen LogP) is 1.21. The minimum Gasteiger partial charge on any atom is -0.476 e. The minimum absolute atomic E-state index is 0.0108. The Hall–Kier alpha value is -2.05. The highest BCUT2D eigenvalue weighted by Crippen LogP contribution is 2.17. The zero-order chi connectivity index (χ0) is 14.4. The SMILES string of the molecule is O=C(NCCn1cnc(C(=O)O)c1)NC1CCCCC1. The Morgan fingerprint density at radius 1 is 1.35 bits per heavy atom. The molecule has 0 aromatic carbocycles. The first kappa shape index (κ1) is 14.4. The van der Waals surface area contributed by atoms with Crippen LogP contribution in [0.3, 0.4) is 0 Å². The Morgan fingerprint density at radius 3 is 2.75 bits per heavy atom.